The van der Waals surface area contributed by atoms with E-state index in [-0.39, 0.29) is 11.9 Å². The van der Waals surface area contributed by atoms with Gasteiger partial charge in [0.1, 0.15) is 11.5 Å². The normalized spacial score (nSPS) is 13.6. The molecule has 0 aliphatic heterocycles. The molecule has 0 saturated heterocycles. The van der Waals surface area contributed by atoms with Crippen LogP contribution in [0.5, 0.6) is 0 Å². The Bertz CT molecular complexity index is 591. The Hall–Kier alpha value is -2.07. The molecule has 4 nitrogen and oxygen atoms in total. The minimum atomic E-state index is -0.566. The molecule has 0 radical (unpaired) electrons. The third kappa shape index (κ3) is 5.04. The molecule has 1 aromatic carbocycles. The summed E-state index contributed by atoms with van der Waals surface area (Å²) < 4.78 is 5.44. The average molecular weight is 301 g/mol. The molecule has 2 N–H and O–H groups in total. The zero-order chi connectivity index (χ0) is 15.9. The summed E-state index contributed by atoms with van der Waals surface area (Å²) in [4.78, 5) is 11.9. The second-order valence-corrected chi connectivity index (χ2v) is 5.64. The van der Waals surface area contributed by atoms with Crippen molar-refractivity contribution in [2.75, 3.05) is 0 Å². The van der Waals surface area contributed by atoms with Crippen molar-refractivity contribution in [3.63, 3.8) is 0 Å². The Morgan fingerprint density at radius 1 is 1.23 bits per heavy atom. The summed E-state index contributed by atoms with van der Waals surface area (Å²) in [5.74, 6) is 1.65. The number of benzene rings is 1. The minimum Gasteiger partial charge on any atom is -0.466 e. The van der Waals surface area contributed by atoms with Gasteiger partial charge in [-0.2, -0.15) is 0 Å². The van der Waals surface area contributed by atoms with E-state index in [0.29, 0.717) is 19.3 Å². The number of carbonyl (C=O) groups is 1. The summed E-state index contributed by atoms with van der Waals surface area (Å²) in [7, 11) is 0. The monoisotopic (exact) mass is 301 g/mol. The molecule has 0 unspecified atom stereocenters. The summed E-state index contributed by atoms with van der Waals surface area (Å²) in [5, 5.41) is 13.1. The average Bonchev–Trinajstić information content (AvgIpc) is 2.91. The molecule has 2 aromatic rings. The van der Waals surface area contributed by atoms with Crippen LogP contribution in [0.3, 0.4) is 0 Å². The Balaban J connectivity index is 1.74. The van der Waals surface area contributed by atoms with Crippen LogP contribution >= 0.6 is 0 Å². The predicted molar refractivity (Wildman–Crippen MR) is 85.4 cm³/mol. The van der Waals surface area contributed by atoms with Crippen molar-refractivity contribution in [1.82, 2.24) is 5.32 Å². The Morgan fingerprint density at radius 2 is 1.95 bits per heavy atom. The number of carbonyl (C=O) groups excluding carboxylic acids is 1. The van der Waals surface area contributed by atoms with Crippen LogP contribution in [0.1, 0.15) is 43.0 Å². The molecule has 22 heavy (non-hydrogen) atoms. The van der Waals surface area contributed by atoms with Gasteiger partial charge in [-0.25, -0.2) is 0 Å². The van der Waals surface area contributed by atoms with Crippen molar-refractivity contribution in [3.8, 4) is 0 Å². The van der Waals surface area contributed by atoms with E-state index in [9.17, 15) is 9.90 Å². The van der Waals surface area contributed by atoms with Crippen molar-refractivity contribution in [2.24, 2.45) is 0 Å². The lowest BCUT2D eigenvalue weighted by Crippen LogP contribution is -2.33. The summed E-state index contributed by atoms with van der Waals surface area (Å²) in [5.41, 5.74) is 0.870. The van der Waals surface area contributed by atoms with E-state index in [1.807, 2.05) is 56.3 Å². The highest BCUT2D eigenvalue weighted by Gasteiger charge is 2.14. The van der Waals surface area contributed by atoms with E-state index >= 15 is 0 Å². The molecule has 1 heterocycles. The van der Waals surface area contributed by atoms with Gasteiger partial charge in [-0.1, -0.05) is 30.3 Å². The largest absolute Gasteiger partial charge is 0.466 e. The van der Waals surface area contributed by atoms with Gasteiger partial charge >= 0.3 is 0 Å². The van der Waals surface area contributed by atoms with Crippen LogP contribution in [-0.4, -0.2) is 17.1 Å². The van der Waals surface area contributed by atoms with Gasteiger partial charge in [0, 0.05) is 18.9 Å². The fourth-order valence-electron chi connectivity index (χ4n) is 2.41. The maximum Gasteiger partial charge on any atom is 0.220 e. The summed E-state index contributed by atoms with van der Waals surface area (Å²) in [6, 6.07) is 13.2. The van der Waals surface area contributed by atoms with E-state index in [2.05, 4.69) is 5.32 Å². The second-order valence-electron chi connectivity index (χ2n) is 5.64. The number of rotatable bonds is 7. The fourth-order valence-corrected chi connectivity index (χ4v) is 2.41. The van der Waals surface area contributed by atoms with E-state index in [1.165, 1.54) is 0 Å². The molecule has 0 aliphatic carbocycles. The number of aryl methyl sites for hydroxylation is 2. The molecule has 0 fully saturated rings. The Kier molecular flexibility index (Phi) is 5.78. The molecule has 4 heteroatoms. The van der Waals surface area contributed by atoms with Crippen LogP contribution in [0.4, 0.5) is 0 Å². The van der Waals surface area contributed by atoms with Gasteiger partial charge in [-0.3, -0.25) is 4.79 Å². The maximum atomic E-state index is 11.9. The van der Waals surface area contributed by atoms with Crippen LogP contribution in [0.25, 0.3) is 0 Å². The maximum absolute atomic E-state index is 11.9. The summed E-state index contributed by atoms with van der Waals surface area (Å²) in [6.07, 6.45) is 0.909. The van der Waals surface area contributed by atoms with Crippen molar-refractivity contribution in [2.45, 2.75) is 45.3 Å². The SMILES string of the molecule is Cc1ccc(CCC(=O)N[C@@H](C)C[C@H](O)c2ccccc2)o1. The number of hydrogen-bond donors (Lipinski definition) is 2. The first-order chi connectivity index (χ1) is 10.5. The number of nitrogens with one attached hydrogen (secondary N) is 1. The highest BCUT2D eigenvalue weighted by Crippen LogP contribution is 2.17. The van der Waals surface area contributed by atoms with Gasteiger partial charge in [0.15, 0.2) is 0 Å². The quantitative estimate of drug-likeness (QED) is 0.826. The molecule has 1 amide bonds. The van der Waals surface area contributed by atoms with Crippen molar-refractivity contribution < 1.29 is 14.3 Å². The predicted octanol–water partition coefficient (Wildman–Crippen LogP) is 3.15. The van der Waals surface area contributed by atoms with Crippen LogP contribution in [-0.2, 0) is 11.2 Å². The first kappa shape index (κ1) is 16.3. The number of amides is 1. The van der Waals surface area contributed by atoms with Crippen molar-refractivity contribution >= 4 is 5.91 Å². The standard InChI is InChI=1S/C18H23NO3/c1-13(12-17(20)15-6-4-3-5-7-15)19-18(21)11-10-16-9-8-14(2)22-16/h3-9,13,17,20H,10-12H2,1-2H3,(H,19,21)/t13-,17-/m0/s1. The number of aliphatic hydroxyl groups is 1. The molecule has 0 bridgehead atoms. The highest BCUT2D eigenvalue weighted by atomic mass is 16.3. The number of hydrogen-bond acceptors (Lipinski definition) is 3. The number of aliphatic hydroxyl groups excluding tert-OH is 1. The van der Waals surface area contributed by atoms with Crippen LogP contribution < -0.4 is 5.32 Å². The van der Waals surface area contributed by atoms with Gasteiger partial charge in [-0.15, -0.1) is 0 Å². The van der Waals surface area contributed by atoms with Gasteiger partial charge in [0.05, 0.1) is 6.10 Å². The van der Waals surface area contributed by atoms with Crippen LogP contribution in [0.15, 0.2) is 46.9 Å². The van der Waals surface area contributed by atoms with Gasteiger partial charge < -0.3 is 14.8 Å². The lowest BCUT2D eigenvalue weighted by molar-refractivity contribution is -0.121. The highest BCUT2D eigenvalue weighted by molar-refractivity contribution is 5.76. The molecule has 118 valence electrons. The molecule has 1 aromatic heterocycles. The number of furan rings is 1. The smallest absolute Gasteiger partial charge is 0.220 e. The molecule has 0 aliphatic rings. The summed E-state index contributed by atoms with van der Waals surface area (Å²) in [6.45, 7) is 3.79. The minimum absolute atomic E-state index is 0.0261. The van der Waals surface area contributed by atoms with Gasteiger partial charge in [0.25, 0.3) is 0 Å². The second kappa shape index (κ2) is 7.80. The fraction of sp³-hybridized carbons (Fsp3) is 0.389. The molecular weight excluding hydrogens is 278 g/mol. The van der Waals surface area contributed by atoms with Gasteiger partial charge in [-0.05, 0) is 38.0 Å². The molecule has 0 spiro atoms. The topological polar surface area (TPSA) is 62.5 Å². The zero-order valence-electron chi connectivity index (χ0n) is 13.1. The van der Waals surface area contributed by atoms with E-state index in [4.69, 9.17) is 4.42 Å². The molecule has 2 atom stereocenters. The zero-order valence-corrected chi connectivity index (χ0v) is 13.1. The van der Waals surface area contributed by atoms with E-state index in [0.717, 1.165) is 17.1 Å². The Labute approximate surface area is 131 Å². The Morgan fingerprint density at radius 3 is 2.59 bits per heavy atom. The molecular formula is C18H23NO3. The third-order valence-electron chi connectivity index (χ3n) is 3.56. The first-order valence-electron chi connectivity index (χ1n) is 7.62. The third-order valence-corrected chi connectivity index (χ3v) is 3.56. The van der Waals surface area contributed by atoms with Crippen molar-refractivity contribution in [3.05, 3.63) is 59.5 Å². The van der Waals surface area contributed by atoms with Crippen LogP contribution in [0.2, 0.25) is 0 Å². The lowest BCUT2D eigenvalue weighted by Gasteiger charge is -2.18. The van der Waals surface area contributed by atoms with Crippen LogP contribution in [0, 0.1) is 6.92 Å². The van der Waals surface area contributed by atoms with E-state index in [1.54, 1.807) is 0 Å². The van der Waals surface area contributed by atoms with E-state index < -0.39 is 6.10 Å². The van der Waals surface area contributed by atoms with Gasteiger partial charge in [0.2, 0.25) is 5.91 Å². The lowest BCUT2D eigenvalue weighted by atomic mass is 10.0. The molecule has 2 rings (SSSR count). The van der Waals surface area contributed by atoms with Crippen molar-refractivity contribution in [1.29, 1.82) is 0 Å². The molecule has 0 saturated carbocycles. The first-order valence-corrected chi connectivity index (χ1v) is 7.62. The summed E-state index contributed by atoms with van der Waals surface area (Å²) >= 11 is 0.